The summed E-state index contributed by atoms with van der Waals surface area (Å²) in [6.07, 6.45) is 7.23. The lowest BCUT2D eigenvalue weighted by Crippen LogP contribution is -2.53. The van der Waals surface area contributed by atoms with Crippen LogP contribution in [0.15, 0.2) is 48.5 Å². The number of hydrogen-bond acceptors (Lipinski definition) is 5. The standard InChI is InChI=1S/C33H47N2O4P/c1-6-38-40(37,39-7-2)30(27-10-12-28(13-11-27)32(3,4)5)35-29-14-8-23(9-15-29)22-34-31(36)33-19-24-16-25(20-33)18-26(17-24)21-33/h8-15,24-26,30,35H,6-7,16-22H2,1-5H3,(H,34,36). The van der Waals surface area contributed by atoms with Crippen LogP contribution >= 0.6 is 7.60 Å². The first-order valence-electron chi connectivity index (χ1n) is 15.2. The van der Waals surface area contributed by atoms with E-state index >= 15 is 0 Å². The van der Waals surface area contributed by atoms with Gasteiger partial charge in [0.25, 0.3) is 0 Å². The van der Waals surface area contributed by atoms with E-state index in [2.05, 4.69) is 43.5 Å². The second-order valence-electron chi connectivity index (χ2n) is 13.4. The minimum absolute atomic E-state index is 0.0198. The van der Waals surface area contributed by atoms with Gasteiger partial charge in [-0.15, -0.1) is 0 Å². The van der Waals surface area contributed by atoms with E-state index in [1.807, 2.05) is 50.2 Å². The van der Waals surface area contributed by atoms with Gasteiger partial charge < -0.3 is 19.7 Å². The van der Waals surface area contributed by atoms with Gasteiger partial charge in [0.1, 0.15) is 0 Å². The summed E-state index contributed by atoms with van der Waals surface area (Å²) < 4.78 is 25.5. The summed E-state index contributed by atoms with van der Waals surface area (Å²) in [4.78, 5) is 13.4. The molecule has 0 aliphatic heterocycles. The molecule has 2 N–H and O–H groups in total. The zero-order valence-electron chi connectivity index (χ0n) is 24.9. The largest absolute Gasteiger partial charge is 0.368 e. The molecular weight excluding hydrogens is 519 g/mol. The van der Waals surface area contributed by atoms with Crippen LogP contribution in [0.3, 0.4) is 0 Å². The molecule has 0 radical (unpaired) electrons. The van der Waals surface area contributed by atoms with Gasteiger partial charge in [0.15, 0.2) is 5.78 Å². The van der Waals surface area contributed by atoms with Gasteiger partial charge in [-0.25, -0.2) is 0 Å². The van der Waals surface area contributed by atoms with Crippen LogP contribution in [0.4, 0.5) is 5.69 Å². The molecule has 1 unspecified atom stereocenters. The predicted octanol–water partition coefficient (Wildman–Crippen LogP) is 8.19. The molecule has 218 valence electrons. The highest BCUT2D eigenvalue weighted by Gasteiger charge is 2.54. The van der Waals surface area contributed by atoms with Crippen LogP contribution in [0.1, 0.15) is 95.6 Å². The highest BCUT2D eigenvalue weighted by molar-refractivity contribution is 7.54. The summed E-state index contributed by atoms with van der Waals surface area (Å²) in [6.45, 7) is 11.3. The van der Waals surface area contributed by atoms with Crippen LogP contribution < -0.4 is 10.6 Å². The average Bonchev–Trinajstić information content (AvgIpc) is 2.90. The van der Waals surface area contributed by atoms with Gasteiger partial charge in [-0.1, -0.05) is 57.2 Å². The number of anilines is 1. The normalized spacial score (nSPS) is 26.5. The molecule has 4 saturated carbocycles. The third-order valence-corrected chi connectivity index (χ3v) is 11.6. The summed E-state index contributed by atoms with van der Waals surface area (Å²) >= 11 is 0. The van der Waals surface area contributed by atoms with Gasteiger partial charge >= 0.3 is 7.60 Å². The lowest BCUT2D eigenvalue weighted by Gasteiger charge is -2.55. The lowest BCUT2D eigenvalue weighted by atomic mass is 9.49. The molecule has 4 aliphatic carbocycles. The van der Waals surface area contributed by atoms with Crippen LogP contribution in [0.2, 0.25) is 0 Å². The van der Waals surface area contributed by atoms with Crippen LogP contribution in [0.25, 0.3) is 0 Å². The van der Waals surface area contributed by atoms with Crippen molar-refractivity contribution in [1.29, 1.82) is 0 Å². The first-order chi connectivity index (χ1) is 19.0. The number of rotatable bonds is 11. The molecule has 7 heteroatoms. The Bertz CT molecular complexity index is 1170. The fourth-order valence-electron chi connectivity index (χ4n) is 7.69. The van der Waals surface area contributed by atoms with E-state index in [-0.39, 0.29) is 30.0 Å². The number of nitrogens with one attached hydrogen (secondary N) is 2. The molecule has 1 amide bonds. The highest BCUT2D eigenvalue weighted by Crippen LogP contribution is 2.61. The van der Waals surface area contributed by atoms with E-state index in [4.69, 9.17) is 9.05 Å². The molecule has 0 aromatic heterocycles. The predicted molar refractivity (Wildman–Crippen MR) is 161 cm³/mol. The van der Waals surface area contributed by atoms with Gasteiger partial charge in [0, 0.05) is 17.6 Å². The second-order valence-corrected chi connectivity index (χ2v) is 15.5. The van der Waals surface area contributed by atoms with Crippen molar-refractivity contribution < 1.29 is 18.4 Å². The molecule has 1 atom stereocenters. The van der Waals surface area contributed by atoms with Crippen LogP contribution in [0, 0.1) is 23.2 Å². The number of hydrogen-bond donors (Lipinski definition) is 2. The molecule has 6 rings (SSSR count). The zero-order chi connectivity index (χ0) is 28.5. The van der Waals surface area contributed by atoms with Gasteiger partial charge in [0.05, 0.1) is 13.2 Å². The Morgan fingerprint density at radius 1 is 0.900 bits per heavy atom. The maximum Gasteiger partial charge on any atom is 0.357 e. The molecule has 40 heavy (non-hydrogen) atoms. The summed E-state index contributed by atoms with van der Waals surface area (Å²) in [5.41, 5.74) is 3.81. The first kappa shape index (κ1) is 29.4. The first-order valence-corrected chi connectivity index (χ1v) is 16.8. The summed E-state index contributed by atoms with van der Waals surface area (Å²) in [5, 5.41) is 6.72. The van der Waals surface area contributed by atoms with E-state index < -0.39 is 13.4 Å². The van der Waals surface area contributed by atoms with Crippen molar-refractivity contribution in [2.45, 2.75) is 90.9 Å². The lowest BCUT2D eigenvalue weighted by molar-refractivity contribution is -0.146. The molecule has 0 saturated heterocycles. The van der Waals surface area contributed by atoms with E-state index in [0.29, 0.717) is 6.54 Å². The fourth-order valence-corrected chi connectivity index (χ4v) is 9.63. The summed E-state index contributed by atoms with van der Waals surface area (Å²) in [7, 11) is -3.51. The highest BCUT2D eigenvalue weighted by atomic mass is 31.2. The molecule has 2 aromatic rings. The molecule has 2 aromatic carbocycles. The Kier molecular flexibility index (Phi) is 8.53. The second kappa shape index (κ2) is 11.6. The summed E-state index contributed by atoms with van der Waals surface area (Å²) in [6, 6.07) is 16.2. The molecule has 4 bridgehead atoms. The Balaban J connectivity index is 1.28. The van der Waals surface area contributed by atoms with Crippen molar-refractivity contribution in [3.63, 3.8) is 0 Å². The maximum atomic E-state index is 14.0. The minimum atomic E-state index is -3.51. The van der Waals surface area contributed by atoms with E-state index in [1.54, 1.807) is 0 Å². The molecule has 6 nitrogen and oxygen atoms in total. The Morgan fingerprint density at radius 2 is 1.43 bits per heavy atom. The van der Waals surface area contributed by atoms with Crippen molar-refractivity contribution >= 4 is 19.2 Å². The van der Waals surface area contributed by atoms with Crippen LogP contribution in [-0.4, -0.2) is 19.1 Å². The third-order valence-electron chi connectivity index (χ3n) is 9.26. The average molecular weight is 567 g/mol. The monoisotopic (exact) mass is 566 g/mol. The number of carbonyl (C=O) groups is 1. The van der Waals surface area contributed by atoms with Gasteiger partial charge in [-0.3, -0.25) is 9.36 Å². The Morgan fingerprint density at radius 3 is 1.90 bits per heavy atom. The molecular formula is C33H47N2O4P. The van der Waals surface area contributed by atoms with Crippen molar-refractivity contribution in [3.05, 3.63) is 65.2 Å². The quantitative estimate of drug-likeness (QED) is 0.268. The van der Waals surface area contributed by atoms with E-state index in [1.165, 1.54) is 24.8 Å². The minimum Gasteiger partial charge on any atom is -0.368 e. The SMILES string of the molecule is CCOP(=O)(OCC)C(Nc1ccc(CNC(=O)C23CC4CC(CC(C4)C2)C3)cc1)c1ccc(C(C)(C)C)cc1. The molecule has 4 fully saturated rings. The van der Waals surface area contributed by atoms with Crippen LogP contribution in [0.5, 0.6) is 0 Å². The topological polar surface area (TPSA) is 76.7 Å². The van der Waals surface area contributed by atoms with E-state index in [9.17, 15) is 9.36 Å². The maximum absolute atomic E-state index is 14.0. The fraction of sp³-hybridized carbons (Fsp3) is 0.606. The molecule has 4 aliphatic rings. The van der Waals surface area contributed by atoms with Gasteiger partial charge in [0.2, 0.25) is 5.91 Å². The zero-order valence-corrected chi connectivity index (χ0v) is 25.8. The third kappa shape index (κ3) is 6.20. The smallest absolute Gasteiger partial charge is 0.357 e. The Labute approximate surface area is 240 Å². The Hall–Kier alpha value is -2.14. The van der Waals surface area contributed by atoms with Crippen molar-refractivity contribution in [1.82, 2.24) is 5.32 Å². The van der Waals surface area contributed by atoms with Crippen molar-refractivity contribution in [3.8, 4) is 0 Å². The molecule has 0 heterocycles. The van der Waals surface area contributed by atoms with Gasteiger partial charge in [-0.2, -0.15) is 0 Å². The number of amides is 1. The van der Waals surface area contributed by atoms with Gasteiger partial charge in [-0.05, 0) is 104 Å². The van der Waals surface area contributed by atoms with Crippen molar-refractivity contribution in [2.75, 3.05) is 18.5 Å². The number of benzene rings is 2. The van der Waals surface area contributed by atoms with Crippen molar-refractivity contribution in [2.24, 2.45) is 23.2 Å². The summed E-state index contributed by atoms with van der Waals surface area (Å²) in [5.74, 6) is 1.86. The molecule has 0 spiro atoms. The number of carbonyl (C=O) groups excluding carboxylic acids is 1. The van der Waals surface area contributed by atoms with Crippen LogP contribution in [-0.2, 0) is 30.4 Å². The van der Waals surface area contributed by atoms with E-state index in [0.717, 1.165) is 53.8 Å².